The third kappa shape index (κ3) is 4.93. The van der Waals surface area contributed by atoms with Crippen LogP contribution in [0.25, 0.3) is 11.0 Å². The van der Waals surface area contributed by atoms with Gasteiger partial charge in [-0.05, 0) is 25.0 Å². The van der Waals surface area contributed by atoms with Gasteiger partial charge in [-0.15, -0.1) is 0 Å². The number of nitrogens with zero attached hydrogens (tertiary/aromatic N) is 6. The SMILES string of the molecule is CS(=O)(=O)N(CC[NH3+])c1ccc(Nc2ncc3cnn(C4CCCCCC4)c3n2)cn1. The third-order valence-corrected chi connectivity index (χ3v) is 6.70. The summed E-state index contributed by atoms with van der Waals surface area (Å²) in [5, 5.41) is 8.66. The van der Waals surface area contributed by atoms with Gasteiger partial charge in [0.15, 0.2) is 5.65 Å². The smallest absolute Gasteiger partial charge is 0.233 e. The molecule has 166 valence electrons. The van der Waals surface area contributed by atoms with Gasteiger partial charge in [-0.3, -0.25) is 0 Å². The number of pyridine rings is 1. The highest BCUT2D eigenvalue weighted by molar-refractivity contribution is 7.92. The summed E-state index contributed by atoms with van der Waals surface area (Å²) >= 11 is 0. The Morgan fingerprint density at radius 1 is 1.13 bits per heavy atom. The summed E-state index contributed by atoms with van der Waals surface area (Å²) in [4.78, 5) is 13.4. The highest BCUT2D eigenvalue weighted by Crippen LogP contribution is 2.29. The van der Waals surface area contributed by atoms with Gasteiger partial charge in [0.1, 0.15) is 5.82 Å². The Morgan fingerprint density at radius 3 is 2.55 bits per heavy atom. The van der Waals surface area contributed by atoms with Crippen molar-refractivity contribution in [2.45, 2.75) is 44.6 Å². The van der Waals surface area contributed by atoms with E-state index in [1.807, 2.05) is 10.9 Å². The molecule has 11 heteroatoms. The molecular formula is C20H29N8O2S+. The monoisotopic (exact) mass is 445 g/mol. The molecule has 0 amide bonds. The zero-order chi connectivity index (χ0) is 21.8. The van der Waals surface area contributed by atoms with E-state index in [0.717, 1.165) is 30.1 Å². The molecule has 0 radical (unpaired) electrons. The van der Waals surface area contributed by atoms with E-state index in [2.05, 4.69) is 26.1 Å². The third-order valence-electron chi connectivity index (χ3n) is 5.53. The second-order valence-corrected chi connectivity index (χ2v) is 9.83. The summed E-state index contributed by atoms with van der Waals surface area (Å²) < 4.78 is 27.3. The van der Waals surface area contributed by atoms with Crippen LogP contribution in [0.4, 0.5) is 17.5 Å². The van der Waals surface area contributed by atoms with Gasteiger partial charge in [0.05, 0.1) is 48.9 Å². The number of anilines is 3. The zero-order valence-electron chi connectivity index (χ0n) is 17.7. The van der Waals surface area contributed by atoms with Crippen molar-refractivity contribution in [3.63, 3.8) is 0 Å². The van der Waals surface area contributed by atoms with Crippen LogP contribution in [-0.2, 0) is 10.0 Å². The second-order valence-electron chi connectivity index (χ2n) is 7.93. The van der Waals surface area contributed by atoms with Crippen molar-refractivity contribution in [1.82, 2.24) is 24.7 Å². The van der Waals surface area contributed by atoms with E-state index in [1.54, 1.807) is 24.5 Å². The second kappa shape index (κ2) is 9.15. The highest BCUT2D eigenvalue weighted by atomic mass is 32.2. The van der Waals surface area contributed by atoms with Gasteiger partial charge in [-0.2, -0.15) is 10.1 Å². The van der Waals surface area contributed by atoms with Crippen molar-refractivity contribution in [2.75, 3.05) is 29.0 Å². The van der Waals surface area contributed by atoms with Crippen LogP contribution in [-0.4, -0.2) is 52.5 Å². The Hall–Kier alpha value is -2.79. The van der Waals surface area contributed by atoms with Crippen LogP contribution in [0.1, 0.15) is 44.6 Å². The molecule has 4 rings (SSSR count). The van der Waals surface area contributed by atoms with Crippen LogP contribution in [0, 0.1) is 0 Å². The molecule has 0 saturated heterocycles. The molecule has 3 aromatic heterocycles. The van der Waals surface area contributed by atoms with Crippen molar-refractivity contribution in [1.29, 1.82) is 0 Å². The molecule has 0 bridgehead atoms. The van der Waals surface area contributed by atoms with Crippen LogP contribution in [0.15, 0.2) is 30.7 Å². The molecule has 1 fully saturated rings. The summed E-state index contributed by atoms with van der Waals surface area (Å²) in [7, 11) is -3.41. The average molecular weight is 446 g/mol. The van der Waals surface area contributed by atoms with E-state index in [1.165, 1.54) is 30.0 Å². The fourth-order valence-electron chi connectivity index (χ4n) is 4.00. The Morgan fingerprint density at radius 2 is 1.90 bits per heavy atom. The van der Waals surface area contributed by atoms with Crippen molar-refractivity contribution in [3.05, 3.63) is 30.7 Å². The largest absolute Gasteiger partial charge is 0.356 e. The van der Waals surface area contributed by atoms with E-state index in [4.69, 9.17) is 4.98 Å². The lowest BCUT2D eigenvalue weighted by molar-refractivity contribution is -0.363. The summed E-state index contributed by atoms with van der Waals surface area (Å²) in [6, 6.07) is 3.80. The highest BCUT2D eigenvalue weighted by Gasteiger charge is 2.20. The lowest BCUT2D eigenvalue weighted by Crippen LogP contribution is -2.55. The summed E-state index contributed by atoms with van der Waals surface area (Å²) in [5.41, 5.74) is 5.23. The number of sulfonamides is 1. The van der Waals surface area contributed by atoms with Gasteiger partial charge < -0.3 is 11.1 Å². The lowest BCUT2D eigenvalue weighted by atomic mass is 10.1. The summed E-state index contributed by atoms with van der Waals surface area (Å²) in [6.45, 7) is 0.737. The molecule has 0 aliphatic heterocycles. The number of hydrogen-bond donors (Lipinski definition) is 2. The van der Waals surface area contributed by atoms with Gasteiger partial charge in [0, 0.05) is 6.20 Å². The number of quaternary nitrogens is 1. The minimum Gasteiger partial charge on any atom is -0.356 e. The first kappa shape index (κ1) is 21.4. The molecule has 1 aliphatic carbocycles. The van der Waals surface area contributed by atoms with Crippen molar-refractivity contribution < 1.29 is 14.2 Å². The van der Waals surface area contributed by atoms with Crippen molar-refractivity contribution in [3.8, 4) is 0 Å². The van der Waals surface area contributed by atoms with E-state index in [-0.39, 0.29) is 6.54 Å². The van der Waals surface area contributed by atoms with Crippen LogP contribution >= 0.6 is 0 Å². The number of hydrogen-bond acceptors (Lipinski definition) is 7. The number of aromatic nitrogens is 5. The first-order chi connectivity index (χ1) is 15.0. The summed E-state index contributed by atoms with van der Waals surface area (Å²) in [6.07, 6.45) is 13.6. The molecular weight excluding hydrogens is 416 g/mol. The normalized spacial score (nSPS) is 15.7. The maximum atomic E-state index is 12.0. The van der Waals surface area contributed by atoms with E-state index in [9.17, 15) is 8.42 Å². The molecule has 4 N–H and O–H groups in total. The number of nitrogens with one attached hydrogen (secondary N) is 1. The molecule has 1 saturated carbocycles. The van der Waals surface area contributed by atoms with E-state index >= 15 is 0 Å². The Kier molecular flexibility index (Phi) is 6.33. The molecule has 0 aromatic carbocycles. The predicted molar refractivity (Wildman–Crippen MR) is 120 cm³/mol. The van der Waals surface area contributed by atoms with Gasteiger partial charge in [0.2, 0.25) is 16.0 Å². The first-order valence-corrected chi connectivity index (χ1v) is 12.5. The van der Waals surface area contributed by atoms with E-state index in [0.29, 0.717) is 30.0 Å². The van der Waals surface area contributed by atoms with E-state index < -0.39 is 10.0 Å². The maximum Gasteiger partial charge on any atom is 0.233 e. The molecule has 0 unspecified atom stereocenters. The minimum atomic E-state index is -3.41. The summed E-state index contributed by atoms with van der Waals surface area (Å²) in [5.74, 6) is 0.814. The molecule has 31 heavy (non-hydrogen) atoms. The van der Waals surface area contributed by atoms with Crippen LogP contribution in [0.5, 0.6) is 0 Å². The van der Waals surface area contributed by atoms with Gasteiger partial charge in [-0.1, -0.05) is 25.7 Å². The Balaban J connectivity index is 1.55. The fraction of sp³-hybridized carbons (Fsp3) is 0.500. The molecule has 0 atom stereocenters. The van der Waals surface area contributed by atoms with Gasteiger partial charge in [-0.25, -0.2) is 27.4 Å². The number of rotatable bonds is 7. The Labute approximate surface area is 181 Å². The topological polar surface area (TPSA) is 134 Å². The zero-order valence-corrected chi connectivity index (χ0v) is 18.6. The molecule has 10 nitrogen and oxygen atoms in total. The molecule has 0 spiro atoms. The molecule has 3 aromatic rings. The van der Waals surface area contributed by atoms with Crippen LogP contribution in [0.2, 0.25) is 0 Å². The fourth-order valence-corrected chi connectivity index (χ4v) is 4.90. The molecule has 3 heterocycles. The van der Waals surface area contributed by atoms with Gasteiger partial charge in [0.25, 0.3) is 0 Å². The van der Waals surface area contributed by atoms with Crippen LogP contribution in [0.3, 0.4) is 0 Å². The number of fused-ring (bicyclic) bond motifs is 1. The average Bonchev–Trinajstić information content (AvgIpc) is 2.97. The predicted octanol–water partition coefficient (Wildman–Crippen LogP) is 1.87. The van der Waals surface area contributed by atoms with Gasteiger partial charge >= 0.3 is 0 Å². The van der Waals surface area contributed by atoms with Crippen molar-refractivity contribution in [2.24, 2.45) is 0 Å². The first-order valence-electron chi connectivity index (χ1n) is 10.7. The molecule has 1 aliphatic rings. The maximum absolute atomic E-state index is 12.0. The minimum absolute atomic E-state index is 0.281. The van der Waals surface area contributed by atoms with Crippen molar-refractivity contribution >= 4 is 38.5 Å². The quantitative estimate of drug-likeness (QED) is 0.530. The lowest BCUT2D eigenvalue weighted by Gasteiger charge is -2.19. The Bertz CT molecular complexity index is 1120. The standard InChI is InChI=1S/C20H28N8O2S/c1-31(29,30)27(11-10-21)18-9-8-16(14-22-18)25-20-23-12-15-13-24-28(19(15)26-20)17-6-4-2-3-5-7-17/h8-9,12-14,17H,2-7,10-11,21H2,1H3,(H,23,25,26)/p+1. The van der Waals surface area contributed by atoms with Crippen LogP contribution < -0.4 is 15.4 Å².